The van der Waals surface area contributed by atoms with Gasteiger partial charge in [0.1, 0.15) is 5.82 Å². The lowest BCUT2D eigenvalue weighted by molar-refractivity contribution is -0.140. The monoisotopic (exact) mass is 503 g/mol. The molecule has 36 heavy (non-hydrogen) atoms. The molecule has 2 atom stereocenters. The van der Waals surface area contributed by atoms with Crippen LogP contribution in [0.5, 0.6) is 0 Å². The van der Waals surface area contributed by atoms with Crippen molar-refractivity contribution in [2.45, 2.75) is 62.4 Å². The topological polar surface area (TPSA) is 84.3 Å². The van der Waals surface area contributed by atoms with Crippen molar-refractivity contribution < 1.29 is 22.6 Å². The lowest BCUT2D eigenvalue weighted by Crippen LogP contribution is -2.47. The zero-order chi connectivity index (χ0) is 24.5. The average Bonchev–Trinajstić information content (AvgIpc) is 3.65. The number of rotatable bonds is 3. The number of aromatic nitrogens is 5. The molecule has 7 heterocycles. The number of alkyl halides is 3. The molecule has 0 aromatic carbocycles. The smallest absolute Gasteiger partial charge is 0.377 e. The summed E-state index contributed by atoms with van der Waals surface area (Å²) in [5.74, 6) is 1.02. The number of morpholine rings is 1. The van der Waals surface area contributed by atoms with Crippen molar-refractivity contribution in [2.24, 2.45) is 0 Å². The van der Waals surface area contributed by atoms with Crippen molar-refractivity contribution in [2.75, 3.05) is 42.7 Å². The van der Waals surface area contributed by atoms with Crippen LogP contribution in [0.25, 0.3) is 16.9 Å². The van der Waals surface area contributed by atoms with Gasteiger partial charge in [0.2, 0.25) is 0 Å². The molecular formula is C24H28F3N7O2. The average molecular weight is 504 g/mol. The largest absolute Gasteiger partial charge is 0.435 e. The number of fused-ring (bicyclic) bond motifs is 3. The molecule has 3 aromatic heterocycles. The first kappa shape index (κ1) is 22.3. The number of hydrogen-bond donors (Lipinski definition) is 1. The van der Waals surface area contributed by atoms with E-state index in [4.69, 9.17) is 14.5 Å². The highest BCUT2D eigenvalue weighted by atomic mass is 19.4. The second-order valence-electron chi connectivity index (χ2n) is 10.4. The minimum absolute atomic E-state index is 0.0322. The second-order valence-corrected chi connectivity index (χ2v) is 10.4. The highest BCUT2D eigenvalue weighted by Crippen LogP contribution is 2.45. The van der Waals surface area contributed by atoms with Crippen molar-refractivity contribution in [1.29, 1.82) is 0 Å². The molecule has 1 spiro atoms. The third kappa shape index (κ3) is 3.48. The van der Waals surface area contributed by atoms with Crippen molar-refractivity contribution in [3.8, 4) is 5.82 Å². The summed E-state index contributed by atoms with van der Waals surface area (Å²) in [5.41, 5.74) is -0.348. The van der Waals surface area contributed by atoms with Gasteiger partial charge in [-0.1, -0.05) is 0 Å². The second kappa shape index (κ2) is 8.07. The number of hydrogen-bond acceptors (Lipinski definition) is 7. The number of piperidine rings is 1. The highest BCUT2D eigenvalue weighted by molar-refractivity contribution is 5.95. The van der Waals surface area contributed by atoms with Gasteiger partial charge in [0.05, 0.1) is 48.2 Å². The molecule has 12 heteroatoms. The third-order valence-corrected chi connectivity index (χ3v) is 8.29. The SMILES string of the molecule is FC(F)(F)c1nn(-c2ccn[nH]2)c2nc(N3C4CCC3COC4)cc(N3CCC4(CCCO4)CC3)c12. The maximum Gasteiger partial charge on any atom is 0.435 e. The van der Waals surface area contributed by atoms with Crippen LogP contribution in [0.4, 0.5) is 24.7 Å². The van der Waals surface area contributed by atoms with Crippen LogP contribution in [-0.4, -0.2) is 75.6 Å². The minimum atomic E-state index is -4.63. The predicted octanol–water partition coefficient (Wildman–Crippen LogP) is 3.68. The summed E-state index contributed by atoms with van der Waals surface area (Å²) in [7, 11) is 0. The number of aromatic amines is 1. The molecule has 2 bridgehead atoms. The van der Waals surface area contributed by atoms with Crippen molar-refractivity contribution >= 4 is 22.5 Å². The molecule has 4 fully saturated rings. The van der Waals surface area contributed by atoms with Gasteiger partial charge in [-0.05, 0) is 38.5 Å². The van der Waals surface area contributed by atoms with Crippen LogP contribution < -0.4 is 9.80 Å². The molecule has 0 aliphatic carbocycles. The maximum atomic E-state index is 14.4. The van der Waals surface area contributed by atoms with Crippen LogP contribution >= 0.6 is 0 Å². The molecule has 0 amide bonds. The van der Waals surface area contributed by atoms with Crippen molar-refractivity contribution in [3.63, 3.8) is 0 Å². The number of halogens is 3. The first-order valence-corrected chi connectivity index (χ1v) is 12.7. The first-order chi connectivity index (χ1) is 17.4. The van der Waals surface area contributed by atoms with Crippen LogP contribution in [0.15, 0.2) is 18.3 Å². The van der Waals surface area contributed by atoms with Crippen molar-refractivity contribution in [3.05, 3.63) is 24.0 Å². The van der Waals surface area contributed by atoms with Gasteiger partial charge in [0.25, 0.3) is 0 Å². The van der Waals surface area contributed by atoms with E-state index in [1.54, 1.807) is 6.07 Å². The Balaban J connectivity index is 1.41. The number of nitrogens with zero attached hydrogens (tertiary/aromatic N) is 6. The van der Waals surface area contributed by atoms with Gasteiger partial charge < -0.3 is 19.3 Å². The molecule has 9 nitrogen and oxygen atoms in total. The first-order valence-electron chi connectivity index (χ1n) is 12.7. The van der Waals surface area contributed by atoms with Gasteiger partial charge in [-0.25, -0.2) is 4.98 Å². The maximum absolute atomic E-state index is 14.4. The van der Waals surface area contributed by atoms with E-state index in [-0.39, 0.29) is 28.7 Å². The number of anilines is 2. The van der Waals surface area contributed by atoms with E-state index < -0.39 is 11.9 Å². The molecule has 4 aliphatic heterocycles. The highest BCUT2D eigenvalue weighted by Gasteiger charge is 2.44. The minimum Gasteiger partial charge on any atom is -0.377 e. The summed E-state index contributed by atoms with van der Waals surface area (Å²) in [6.45, 7) is 3.21. The lowest BCUT2D eigenvalue weighted by atomic mass is 9.88. The molecular weight excluding hydrogens is 475 g/mol. The van der Waals surface area contributed by atoms with E-state index in [2.05, 4.69) is 25.1 Å². The van der Waals surface area contributed by atoms with Crippen LogP contribution in [0.1, 0.15) is 44.2 Å². The standard InChI is InChI=1S/C24H28F3N7O2/c25-24(26,27)21-20-17(32-9-6-23(7-10-32)5-1-11-36-23)12-19(33-15-2-3-16(33)14-35-13-15)29-22(20)34(31-21)18-4-8-28-30-18/h4,8,12,15-16H,1-3,5-7,9-11,13-14H2,(H,28,30). The Bertz CT molecular complexity index is 1240. The molecule has 4 aliphatic rings. The molecule has 192 valence electrons. The molecule has 4 saturated heterocycles. The summed E-state index contributed by atoms with van der Waals surface area (Å²) >= 11 is 0. The Morgan fingerprint density at radius 2 is 1.86 bits per heavy atom. The van der Waals surface area contributed by atoms with E-state index >= 15 is 0 Å². The Morgan fingerprint density at radius 3 is 2.50 bits per heavy atom. The summed E-state index contributed by atoms with van der Waals surface area (Å²) in [5, 5.41) is 10.7. The van der Waals surface area contributed by atoms with E-state index in [0.29, 0.717) is 43.6 Å². The Kier molecular flexibility index (Phi) is 5.01. The Labute approximate surface area is 205 Å². The van der Waals surface area contributed by atoms with Gasteiger partial charge in [0, 0.05) is 31.8 Å². The number of nitrogens with one attached hydrogen (secondary N) is 1. The fraction of sp³-hybridized carbons (Fsp3) is 0.625. The van der Waals surface area contributed by atoms with Crippen LogP contribution in [0, 0.1) is 0 Å². The van der Waals surface area contributed by atoms with Crippen molar-refractivity contribution in [1.82, 2.24) is 25.0 Å². The number of H-pyrrole nitrogens is 1. The van der Waals surface area contributed by atoms with Crippen LogP contribution in [0.2, 0.25) is 0 Å². The fourth-order valence-electron chi connectivity index (χ4n) is 6.51. The fourth-order valence-corrected chi connectivity index (χ4v) is 6.51. The molecule has 0 saturated carbocycles. The summed E-state index contributed by atoms with van der Waals surface area (Å²) in [6.07, 6.45) is 2.47. The van der Waals surface area contributed by atoms with Gasteiger partial charge in [-0.3, -0.25) is 5.10 Å². The molecule has 7 rings (SSSR count). The van der Waals surface area contributed by atoms with Gasteiger partial charge >= 0.3 is 6.18 Å². The van der Waals surface area contributed by atoms with Gasteiger partial charge in [-0.15, -0.1) is 0 Å². The van der Waals surface area contributed by atoms with E-state index in [9.17, 15) is 13.2 Å². The van der Waals surface area contributed by atoms with E-state index in [0.717, 1.165) is 45.1 Å². The quantitative estimate of drug-likeness (QED) is 0.584. The number of ether oxygens (including phenoxy) is 2. The molecule has 1 N–H and O–H groups in total. The zero-order valence-electron chi connectivity index (χ0n) is 19.8. The normalized spacial score (nSPS) is 26.0. The lowest BCUT2D eigenvalue weighted by Gasteiger charge is -2.41. The molecule has 2 unspecified atom stereocenters. The zero-order valence-corrected chi connectivity index (χ0v) is 19.8. The molecule has 0 radical (unpaired) electrons. The predicted molar refractivity (Wildman–Crippen MR) is 125 cm³/mol. The summed E-state index contributed by atoms with van der Waals surface area (Å²) in [6, 6.07) is 3.79. The Morgan fingerprint density at radius 1 is 1.08 bits per heavy atom. The van der Waals surface area contributed by atoms with Gasteiger partial charge in [-0.2, -0.15) is 28.1 Å². The summed E-state index contributed by atoms with van der Waals surface area (Å²) in [4.78, 5) is 9.14. The van der Waals surface area contributed by atoms with Gasteiger partial charge in [0.15, 0.2) is 17.2 Å². The Hall–Kier alpha value is -2.86. The summed E-state index contributed by atoms with van der Waals surface area (Å²) < 4.78 is 56.1. The number of pyridine rings is 1. The van der Waals surface area contributed by atoms with Crippen LogP contribution in [0.3, 0.4) is 0 Å². The van der Waals surface area contributed by atoms with Crippen LogP contribution in [-0.2, 0) is 15.7 Å². The van der Waals surface area contributed by atoms with E-state index in [1.165, 1.54) is 10.9 Å². The van der Waals surface area contributed by atoms with E-state index in [1.807, 2.05) is 6.07 Å². The molecule has 3 aromatic rings. The third-order valence-electron chi connectivity index (χ3n) is 8.29.